The first-order chi connectivity index (χ1) is 18.9. The van der Waals surface area contributed by atoms with Gasteiger partial charge in [-0.3, -0.25) is 9.59 Å². The fourth-order valence-corrected chi connectivity index (χ4v) is 4.42. The lowest BCUT2D eigenvalue weighted by Gasteiger charge is -2.17. The zero-order chi connectivity index (χ0) is 27.6. The summed E-state index contributed by atoms with van der Waals surface area (Å²) >= 11 is 0. The molecule has 0 aliphatic heterocycles. The highest BCUT2D eigenvalue weighted by Gasteiger charge is 2.23. The van der Waals surface area contributed by atoms with Crippen LogP contribution in [-0.2, 0) is 33.9 Å². The van der Waals surface area contributed by atoms with E-state index >= 15 is 0 Å². The Morgan fingerprint density at radius 3 is 2.51 bits per heavy atom. The summed E-state index contributed by atoms with van der Waals surface area (Å²) in [5.74, 6) is -2.67. The molecule has 8 heteroatoms. The molecule has 1 heterocycles. The third-order valence-electron chi connectivity index (χ3n) is 6.49. The number of nitrogens with two attached hydrogens (primary N) is 1. The minimum Gasteiger partial charge on any atom is -0.383 e. The number of hydrogen-bond acceptors (Lipinski definition) is 5. The van der Waals surface area contributed by atoms with Crippen molar-refractivity contribution >= 4 is 28.3 Å². The van der Waals surface area contributed by atoms with Crippen LogP contribution in [0.5, 0.6) is 0 Å². The second kappa shape index (κ2) is 13.6. The van der Waals surface area contributed by atoms with E-state index in [1.54, 1.807) is 6.20 Å². The molecule has 4 rings (SSSR count). The molecule has 0 spiro atoms. The summed E-state index contributed by atoms with van der Waals surface area (Å²) in [5, 5.41) is 4.62. The van der Waals surface area contributed by atoms with Crippen molar-refractivity contribution < 1.29 is 23.1 Å². The highest BCUT2D eigenvalue weighted by Crippen LogP contribution is 2.21. The van der Waals surface area contributed by atoms with Crippen molar-refractivity contribution in [3.63, 3.8) is 0 Å². The Bertz CT molecular complexity index is 1430. The highest BCUT2D eigenvalue weighted by atomic mass is 19.2. The van der Waals surface area contributed by atoms with Crippen LogP contribution in [0, 0.1) is 17.6 Å². The maximum atomic E-state index is 13.8. The van der Waals surface area contributed by atoms with E-state index in [0.29, 0.717) is 31.0 Å². The van der Waals surface area contributed by atoms with Gasteiger partial charge in [-0.1, -0.05) is 48.5 Å². The summed E-state index contributed by atoms with van der Waals surface area (Å²) in [6.07, 6.45) is 2.51. The molecule has 0 fully saturated rings. The maximum Gasteiger partial charge on any atom is 0.224 e. The number of halogens is 2. The number of nitrogen functional groups attached to an aromatic ring is 1. The molecule has 0 aliphatic rings. The standard InChI is InChI=1S/C31H31F2N3O3/c32-28-11-9-22(17-29(28)33)15-25(18-26(37)7-4-14-39-20-21-5-2-1-3-6-21)31(38)36-19-23-8-10-27-24(16-23)12-13-35-30(27)34/h1-3,5-6,8-13,16-17,25H,4,7,14-15,18-20H2,(H2,34,35)(H,36,38)/t25-/m1/s1. The fourth-order valence-electron chi connectivity index (χ4n) is 4.42. The van der Waals surface area contributed by atoms with E-state index in [4.69, 9.17) is 10.5 Å². The number of benzene rings is 3. The molecule has 3 aromatic carbocycles. The van der Waals surface area contributed by atoms with Gasteiger partial charge < -0.3 is 15.8 Å². The summed E-state index contributed by atoms with van der Waals surface area (Å²) in [5.41, 5.74) is 8.27. The first kappa shape index (κ1) is 27.9. The molecule has 1 amide bonds. The van der Waals surface area contributed by atoms with Crippen LogP contribution < -0.4 is 11.1 Å². The largest absolute Gasteiger partial charge is 0.383 e. The van der Waals surface area contributed by atoms with E-state index in [-0.39, 0.29) is 37.5 Å². The molecule has 39 heavy (non-hydrogen) atoms. The van der Waals surface area contributed by atoms with Gasteiger partial charge in [0.25, 0.3) is 0 Å². The van der Waals surface area contributed by atoms with Gasteiger partial charge in [0.15, 0.2) is 11.6 Å². The van der Waals surface area contributed by atoms with Gasteiger partial charge in [-0.15, -0.1) is 0 Å². The Labute approximate surface area is 226 Å². The summed E-state index contributed by atoms with van der Waals surface area (Å²) in [6.45, 7) is 1.13. The quantitative estimate of drug-likeness (QED) is 0.221. The molecule has 0 saturated carbocycles. The van der Waals surface area contributed by atoms with Crippen LogP contribution in [0.25, 0.3) is 10.8 Å². The number of anilines is 1. The number of carbonyl (C=O) groups excluding carboxylic acids is 2. The Hall–Kier alpha value is -4.17. The molecule has 4 aromatic rings. The molecule has 1 atom stereocenters. The number of hydrogen-bond donors (Lipinski definition) is 2. The first-order valence-corrected chi connectivity index (χ1v) is 12.9. The van der Waals surface area contributed by atoms with Crippen LogP contribution in [0.2, 0.25) is 0 Å². The van der Waals surface area contributed by atoms with E-state index in [1.807, 2.05) is 54.6 Å². The molecule has 6 nitrogen and oxygen atoms in total. The SMILES string of the molecule is Nc1nccc2cc(CNC(=O)[C@@H](CC(=O)CCCOCc3ccccc3)Cc3ccc(F)c(F)c3)ccc12. The summed E-state index contributed by atoms with van der Waals surface area (Å²) in [7, 11) is 0. The lowest BCUT2D eigenvalue weighted by molar-refractivity contribution is -0.129. The molecule has 0 radical (unpaired) electrons. The van der Waals surface area contributed by atoms with Crippen LogP contribution in [0.3, 0.4) is 0 Å². The average molecular weight is 532 g/mol. The Kier molecular flexibility index (Phi) is 9.69. The normalized spacial score (nSPS) is 11.8. The smallest absolute Gasteiger partial charge is 0.224 e. The molecule has 202 valence electrons. The Balaban J connectivity index is 1.35. The second-order valence-electron chi connectivity index (χ2n) is 9.50. The monoisotopic (exact) mass is 531 g/mol. The predicted octanol–water partition coefficient (Wildman–Crippen LogP) is 5.53. The molecule has 3 N–H and O–H groups in total. The van der Waals surface area contributed by atoms with Gasteiger partial charge in [-0.2, -0.15) is 0 Å². The van der Waals surface area contributed by atoms with Crippen molar-refractivity contribution in [2.45, 2.75) is 38.8 Å². The van der Waals surface area contributed by atoms with Gasteiger partial charge in [0.2, 0.25) is 5.91 Å². The number of pyridine rings is 1. The molecule has 0 unspecified atom stereocenters. The number of aromatic nitrogens is 1. The molecule has 0 bridgehead atoms. The number of nitrogens with one attached hydrogen (secondary N) is 1. The van der Waals surface area contributed by atoms with Crippen molar-refractivity contribution in [3.05, 3.63) is 107 Å². The van der Waals surface area contributed by atoms with Gasteiger partial charge in [0.1, 0.15) is 11.6 Å². The predicted molar refractivity (Wildman–Crippen MR) is 147 cm³/mol. The third kappa shape index (κ3) is 8.15. The number of carbonyl (C=O) groups is 2. The van der Waals surface area contributed by atoms with Gasteiger partial charge in [-0.25, -0.2) is 13.8 Å². The van der Waals surface area contributed by atoms with Gasteiger partial charge in [-0.05, 0) is 59.2 Å². The van der Waals surface area contributed by atoms with Crippen molar-refractivity contribution in [3.8, 4) is 0 Å². The summed E-state index contributed by atoms with van der Waals surface area (Å²) in [6, 6.07) is 20.7. The zero-order valence-electron chi connectivity index (χ0n) is 21.5. The molecule has 0 aliphatic carbocycles. The topological polar surface area (TPSA) is 94.3 Å². The first-order valence-electron chi connectivity index (χ1n) is 12.9. The van der Waals surface area contributed by atoms with E-state index in [0.717, 1.165) is 34.0 Å². The number of ether oxygens (including phenoxy) is 1. The van der Waals surface area contributed by atoms with Crippen LogP contribution in [0.15, 0.2) is 79.0 Å². The van der Waals surface area contributed by atoms with Crippen molar-refractivity contribution in [1.82, 2.24) is 10.3 Å². The van der Waals surface area contributed by atoms with Crippen LogP contribution in [-0.4, -0.2) is 23.3 Å². The average Bonchev–Trinajstić information content (AvgIpc) is 2.94. The summed E-state index contributed by atoms with van der Waals surface area (Å²) < 4.78 is 32.9. The number of fused-ring (bicyclic) bond motifs is 1. The Morgan fingerprint density at radius 1 is 0.923 bits per heavy atom. The minimum absolute atomic E-state index is 0.0105. The fraction of sp³-hybridized carbons (Fsp3) is 0.258. The van der Waals surface area contributed by atoms with Crippen LogP contribution >= 0.6 is 0 Å². The summed E-state index contributed by atoms with van der Waals surface area (Å²) in [4.78, 5) is 30.0. The number of ketones is 1. The van der Waals surface area contributed by atoms with Gasteiger partial charge >= 0.3 is 0 Å². The third-order valence-corrected chi connectivity index (χ3v) is 6.49. The lowest BCUT2D eigenvalue weighted by Crippen LogP contribution is -2.33. The number of Topliss-reactive ketones (excluding diaryl/α,β-unsaturated/α-hetero) is 1. The minimum atomic E-state index is -0.988. The van der Waals surface area contributed by atoms with Crippen LogP contribution in [0.4, 0.5) is 14.6 Å². The number of amides is 1. The molecule has 0 saturated heterocycles. The molecular weight excluding hydrogens is 500 g/mol. The number of rotatable bonds is 13. The van der Waals surface area contributed by atoms with Crippen molar-refractivity contribution in [2.75, 3.05) is 12.3 Å². The van der Waals surface area contributed by atoms with Gasteiger partial charge in [0.05, 0.1) is 6.61 Å². The van der Waals surface area contributed by atoms with Crippen molar-refractivity contribution in [2.24, 2.45) is 5.92 Å². The lowest BCUT2D eigenvalue weighted by atomic mass is 9.92. The Morgan fingerprint density at radius 2 is 1.72 bits per heavy atom. The highest BCUT2D eigenvalue weighted by molar-refractivity contribution is 5.91. The zero-order valence-corrected chi connectivity index (χ0v) is 21.5. The van der Waals surface area contributed by atoms with E-state index < -0.39 is 17.6 Å². The van der Waals surface area contributed by atoms with Gasteiger partial charge in [0, 0.05) is 43.5 Å². The second-order valence-corrected chi connectivity index (χ2v) is 9.50. The van der Waals surface area contributed by atoms with E-state index in [1.165, 1.54) is 6.07 Å². The van der Waals surface area contributed by atoms with Crippen LogP contribution in [0.1, 0.15) is 36.0 Å². The van der Waals surface area contributed by atoms with Crippen molar-refractivity contribution in [1.29, 1.82) is 0 Å². The number of nitrogens with zero attached hydrogens (tertiary/aromatic N) is 1. The maximum absolute atomic E-state index is 13.8. The van der Waals surface area contributed by atoms with E-state index in [2.05, 4.69) is 10.3 Å². The molecular formula is C31H31F2N3O3. The van der Waals surface area contributed by atoms with E-state index in [9.17, 15) is 18.4 Å². The molecule has 1 aromatic heterocycles.